The van der Waals surface area contributed by atoms with Crippen molar-refractivity contribution in [3.8, 4) is 5.75 Å². The Hall–Kier alpha value is -3.21. The third-order valence-electron chi connectivity index (χ3n) is 4.78. The van der Waals surface area contributed by atoms with Gasteiger partial charge >= 0.3 is 11.1 Å². The molecular weight excluding hydrogens is 438 g/mol. The second kappa shape index (κ2) is 8.50. The number of nitrogens with one attached hydrogen (secondary N) is 2. The first kappa shape index (κ1) is 21.0. The van der Waals surface area contributed by atoms with Crippen LogP contribution in [0.3, 0.4) is 0 Å². The van der Waals surface area contributed by atoms with Gasteiger partial charge in [-0.3, -0.25) is 9.59 Å². The predicted molar refractivity (Wildman–Crippen MR) is 119 cm³/mol. The molecule has 0 unspecified atom stereocenters. The molecule has 2 aromatic carbocycles. The quantitative estimate of drug-likeness (QED) is 0.415. The molecule has 4 rings (SSSR count). The normalized spacial score (nSPS) is 11.8. The second-order valence-corrected chi connectivity index (χ2v) is 9.75. The molecule has 0 amide bonds. The van der Waals surface area contributed by atoms with Crippen LogP contribution in [0.25, 0.3) is 11.0 Å². The van der Waals surface area contributed by atoms with E-state index in [2.05, 4.69) is 9.97 Å². The summed E-state index contributed by atoms with van der Waals surface area (Å²) < 4.78 is 33.9. The van der Waals surface area contributed by atoms with Crippen molar-refractivity contribution in [2.75, 3.05) is 7.11 Å². The molecule has 0 fully saturated rings. The van der Waals surface area contributed by atoms with E-state index >= 15 is 0 Å². The molecule has 8 nitrogen and oxygen atoms in total. The first-order valence-corrected chi connectivity index (χ1v) is 11.6. The van der Waals surface area contributed by atoms with Crippen LogP contribution in [0.2, 0.25) is 0 Å². The topological polar surface area (TPSA) is 112 Å². The fraction of sp³-hybridized carbons (Fsp3) is 0.143. The van der Waals surface area contributed by atoms with Crippen LogP contribution in [0.1, 0.15) is 10.4 Å². The number of nitrogens with zero attached hydrogens (tertiary/aromatic N) is 1. The van der Waals surface area contributed by atoms with Gasteiger partial charge in [-0.2, -0.15) is 4.31 Å². The van der Waals surface area contributed by atoms with E-state index in [1.165, 1.54) is 41.0 Å². The summed E-state index contributed by atoms with van der Waals surface area (Å²) in [6.07, 6.45) is 0. The lowest BCUT2D eigenvalue weighted by Crippen LogP contribution is -2.31. The van der Waals surface area contributed by atoms with Crippen LogP contribution >= 0.6 is 11.3 Å². The van der Waals surface area contributed by atoms with Crippen molar-refractivity contribution in [2.45, 2.75) is 18.0 Å². The summed E-state index contributed by atoms with van der Waals surface area (Å²) in [7, 11) is -2.41. The molecule has 31 heavy (non-hydrogen) atoms. The van der Waals surface area contributed by atoms with Crippen LogP contribution in [0.5, 0.6) is 5.75 Å². The number of aromatic amines is 2. The minimum Gasteiger partial charge on any atom is -0.496 e. The molecular formula is C21H19N3O5S2. The first-order chi connectivity index (χ1) is 14.9. The Morgan fingerprint density at radius 1 is 0.935 bits per heavy atom. The number of H-pyrrole nitrogens is 2. The monoisotopic (exact) mass is 457 g/mol. The Kier molecular flexibility index (Phi) is 5.77. The zero-order valence-electron chi connectivity index (χ0n) is 16.5. The number of benzene rings is 2. The van der Waals surface area contributed by atoms with Crippen molar-refractivity contribution in [1.82, 2.24) is 14.3 Å². The van der Waals surface area contributed by atoms with E-state index in [1.807, 2.05) is 35.7 Å². The van der Waals surface area contributed by atoms with Gasteiger partial charge in [0.1, 0.15) is 5.75 Å². The van der Waals surface area contributed by atoms with E-state index < -0.39 is 21.1 Å². The molecule has 0 bridgehead atoms. The number of ether oxygens (including phenoxy) is 1. The number of hydrogen-bond donors (Lipinski definition) is 2. The van der Waals surface area contributed by atoms with Gasteiger partial charge in [0.25, 0.3) is 0 Å². The Morgan fingerprint density at radius 3 is 2.39 bits per heavy atom. The van der Waals surface area contributed by atoms with Gasteiger partial charge in [0, 0.05) is 23.5 Å². The van der Waals surface area contributed by atoms with Crippen LogP contribution in [0.4, 0.5) is 0 Å². The molecule has 2 heterocycles. The standard InChI is InChI=1S/C21H19N3O5S2/c1-29-19-7-3-2-5-14(19)12-24(13-15-6-4-10-30-15)31(27,28)16-8-9-17-18(11-16)23-21(26)20(25)22-17/h2-11H,12-13H2,1H3,(H,22,25)(H,23,26). The summed E-state index contributed by atoms with van der Waals surface area (Å²) in [5.74, 6) is 0.592. The molecule has 0 spiro atoms. The van der Waals surface area contributed by atoms with Gasteiger partial charge in [-0.15, -0.1) is 11.3 Å². The average molecular weight is 458 g/mol. The third kappa shape index (κ3) is 4.31. The second-order valence-electron chi connectivity index (χ2n) is 6.78. The third-order valence-corrected chi connectivity index (χ3v) is 7.43. The minimum absolute atomic E-state index is 0.00848. The van der Waals surface area contributed by atoms with Crippen molar-refractivity contribution in [3.05, 3.63) is 91.1 Å². The number of fused-ring (bicyclic) bond motifs is 1. The van der Waals surface area contributed by atoms with Gasteiger partial charge in [0.2, 0.25) is 10.0 Å². The van der Waals surface area contributed by atoms with Crippen molar-refractivity contribution < 1.29 is 13.2 Å². The number of rotatable bonds is 7. The van der Waals surface area contributed by atoms with Crippen LogP contribution in [0.15, 0.2) is 74.5 Å². The fourth-order valence-corrected chi connectivity index (χ4v) is 5.45. The Balaban J connectivity index is 1.79. The van der Waals surface area contributed by atoms with Gasteiger partial charge in [-0.05, 0) is 35.7 Å². The molecule has 2 N–H and O–H groups in total. The van der Waals surface area contributed by atoms with Gasteiger partial charge < -0.3 is 14.7 Å². The van der Waals surface area contributed by atoms with Crippen molar-refractivity contribution >= 4 is 32.4 Å². The van der Waals surface area contributed by atoms with Crippen molar-refractivity contribution in [1.29, 1.82) is 0 Å². The highest BCUT2D eigenvalue weighted by molar-refractivity contribution is 7.89. The minimum atomic E-state index is -3.94. The molecule has 160 valence electrons. The number of sulfonamides is 1. The van der Waals surface area contributed by atoms with Crippen LogP contribution < -0.4 is 15.9 Å². The SMILES string of the molecule is COc1ccccc1CN(Cc1cccs1)S(=O)(=O)c1ccc2[nH]c(=O)c(=O)[nH]c2c1. The lowest BCUT2D eigenvalue weighted by Gasteiger charge is -2.23. The van der Waals surface area contributed by atoms with Gasteiger partial charge in [-0.25, -0.2) is 8.42 Å². The molecule has 0 aliphatic rings. The number of hydrogen-bond acceptors (Lipinski definition) is 6. The highest BCUT2D eigenvalue weighted by atomic mass is 32.2. The summed E-state index contributed by atoms with van der Waals surface area (Å²) in [6, 6.07) is 15.2. The molecule has 0 saturated carbocycles. The number of methoxy groups -OCH3 is 1. The Morgan fingerprint density at radius 2 is 1.68 bits per heavy atom. The summed E-state index contributed by atoms with van der Waals surface area (Å²) >= 11 is 1.46. The lowest BCUT2D eigenvalue weighted by atomic mass is 10.2. The maximum absolute atomic E-state index is 13.6. The molecule has 4 aromatic rings. The van der Waals surface area contributed by atoms with Crippen LogP contribution in [-0.4, -0.2) is 29.8 Å². The molecule has 0 aliphatic carbocycles. The van der Waals surface area contributed by atoms with E-state index in [4.69, 9.17) is 4.74 Å². The van der Waals surface area contributed by atoms with Crippen LogP contribution in [0, 0.1) is 0 Å². The molecule has 0 saturated heterocycles. The van der Waals surface area contributed by atoms with E-state index in [1.54, 1.807) is 6.07 Å². The molecule has 0 atom stereocenters. The number of aromatic nitrogens is 2. The average Bonchev–Trinajstić information content (AvgIpc) is 3.27. The van der Waals surface area contributed by atoms with Crippen LogP contribution in [-0.2, 0) is 23.1 Å². The lowest BCUT2D eigenvalue weighted by molar-refractivity contribution is 0.377. The summed E-state index contributed by atoms with van der Waals surface area (Å²) in [6.45, 7) is 0.280. The van der Waals surface area contributed by atoms with Gasteiger partial charge in [0.15, 0.2) is 0 Å². The van der Waals surface area contributed by atoms with Gasteiger partial charge in [-0.1, -0.05) is 24.3 Å². The number of thiophene rings is 1. The van der Waals surface area contributed by atoms with Gasteiger partial charge in [0.05, 0.1) is 23.0 Å². The predicted octanol–water partition coefficient (Wildman–Crippen LogP) is 2.68. The smallest absolute Gasteiger partial charge is 0.314 e. The largest absolute Gasteiger partial charge is 0.496 e. The first-order valence-electron chi connectivity index (χ1n) is 9.29. The summed E-state index contributed by atoms with van der Waals surface area (Å²) in [4.78, 5) is 29.0. The van der Waals surface area contributed by atoms with E-state index in [0.29, 0.717) is 11.3 Å². The zero-order chi connectivity index (χ0) is 22.0. The van der Waals surface area contributed by atoms with E-state index in [-0.39, 0.29) is 23.5 Å². The van der Waals surface area contributed by atoms with E-state index in [9.17, 15) is 18.0 Å². The highest BCUT2D eigenvalue weighted by Crippen LogP contribution is 2.27. The fourth-order valence-electron chi connectivity index (χ4n) is 3.23. The Bertz CT molecular complexity index is 1440. The van der Waals surface area contributed by atoms with Crippen molar-refractivity contribution in [2.24, 2.45) is 0 Å². The highest BCUT2D eigenvalue weighted by Gasteiger charge is 2.27. The summed E-state index contributed by atoms with van der Waals surface area (Å²) in [5, 5.41) is 1.89. The molecule has 10 heteroatoms. The molecule has 0 radical (unpaired) electrons. The zero-order valence-corrected chi connectivity index (χ0v) is 18.1. The molecule has 2 aromatic heterocycles. The maximum Gasteiger partial charge on any atom is 0.314 e. The van der Waals surface area contributed by atoms with Crippen molar-refractivity contribution in [3.63, 3.8) is 0 Å². The molecule has 0 aliphatic heterocycles. The number of para-hydroxylation sites is 1. The maximum atomic E-state index is 13.6. The summed E-state index contributed by atoms with van der Waals surface area (Å²) in [5.41, 5.74) is -0.328. The Labute approximate surface area is 181 Å². The van der Waals surface area contributed by atoms with E-state index in [0.717, 1.165) is 10.4 Å².